The maximum absolute atomic E-state index is 13.3. The van der Waals surface area contributed by atoms with Crippen molar-refractivity contribution >= 4 is 27.4 Å². The van der Waals surface area contributed by atoms with E-state index in [-0.39, 0.29) is 0 Å². The Hall–Kier alpha value is -2.86. The summed E-state index contributed by atoms with van der Waals surface area (Å²) in [6, 6.07) is 16.2. The van der Waals surface area contributed by atoms with Crippen LogP contribution in [0.15, 0.2) is 60.9 Å². The van der Waals surface area contributed by atoms with Gasteiger partial charge < -0.3 is 5.32 Å². The second kappa shape index (κ2) is 7.17. The van der Waals surface area contributed by atoms with Gasteiger partial charge in [0.25, 0.3) is 0 Å². The summed E-state index contributed by atoms with van der Waals surface area (Å²) >= 11 is 1.62. The molecule has 0 unspecified atom stereocenters. The fourth-order valence-electron chi connectivity index (χ4n) is 2.76. The average molecular weight is 367 g/mol. The van der Waals surface area contributed by atoms with E-state index in [0.717, 1.165) is 38.1 Å². The first-order valence-electron chi connectivity index (χ1n) is 8.18. The van der Waals surface area contributed by atoms with Crippen LogP contribution in [-0.4, -0.2) is 16.5 Å². The Bertz CT molecular complexity index is 1050. The van der Waals surface area contributed by atoms with Crippen LogP contribution >= 0.6 is 11.3 Å². The summed E-state index contributed by atoms with van der Waals surface area (Å²) in [6.45, 7) is 0.563. The van der Waals surface area contributed by atoms with Crippen LogP contribution in [0, 0.1) is 11.6 Å². The number of benzene rings is 2. The lowest BCUT2D eigenvalue weighted by Crippen LogP contribution is -2.07. The van der Waals surface area contributed by atoms with Gasteiger partial charge in [-0.1, -0.05) is 36.4 Å². The van der Waals surface area contributed by atoms with Crippen molar-refractivity contribution < 1.29 is 8.78 Å². The Kier molecular flexibility index (Phi) is 4.58. The molecular weight excluding hydrogens is 352 g/mol. The van der Waals surface area contributed by atoms with Gasteiger partial charge in [0.1, 0.15) is 17.0 Å². The summed E-state index contributed by atoms with van der Waals surface area (Å²) in [5, 5.41) is 4.23. The summed E-state index contributed by atoms with van der Waals surface area (Å²) < 4.78 is 26.3. The third-order valence-electron chi connectivity index (χ3n) is 4.08. The molecule has 3 nitrogen and oxygen atoms in total. The zero-order valence-electron chi connectivity index (χ0n) is 13.7. The molecule has 2 aromatic carbocycles. The molecule has 0 aliphatic rings. The van der Waals surface area contributed by atoms with E-state index in [2.05, 4.69) is 33.5 Å². The van der Waals surface area contributed by atoms with Crippen LogP contribution < -0.4 is 5.32 Å². The Morgan fingerprint density at radius 3 is 2.58 bits per heavy atom. The van der Waals surface area contributed by atoms with E-state index in [0.29, 0.717) is 13.0 Å². The standard InChI is InChI=1S/C20H15F2N3S/c21-16-7-6-13(10-17(16)22)8-9-23-19-15-11-18(14-4-2-1-3-5-14)26-20(15)25-12-24-19/h1-7,10-12H,8-9H2,(H,23,24,25). The van der Waals surface area contributed by atoms with Crippen LogP contribution in [-0.2, 0) is 6.42 Å². The van der Waals surface area contributed by atoms with Gasteiger partial charge in [0.15, 0.2) is 11.6 Å². The molecule has 0 saturated heterocycles. The van der Waals surface area contributed by atoms with Gasteiger partial charge in [0, 0.05) is 11.4 Å². The smallest absolute Gasteiger partial charge is 0.159 e. The zero-order chi connectivity index (χ0) is 17.9. The van der Waals surface area contributed by atoms with E-state index in [1.54, 1.807) is 17.4 Å². The zero-order valence-corrected chi connectivity index (χ0v) is 14.6. The van der Waals surface area contributed by atoms with Crippen molar-refractivity contribution in [2.24, 2.45) is 0 Å². The number of fused-ring (bicyclic) bond motifs is 1. The average Bonchev–Trinajstić information content (AvgIpc) is 3.11. The van der Waals surface area contributed by atoms with Crippen molar-refractivity contribution in [1.29, 1.82) is 0 Å². The summed E-state index contributed by atoms with van der Waals surface area (Å²) in [5.41, 5.74) is 1.88. The number of rotatable bonds is 5. The molecule has 1 N–H and O–H groups in total. The van der Waals surface area contributed by atoms with Crippen molar-refractivity contribution in [3.63, 3.8) is 0 Å². The fourth-order valence-corrected chi connectivity index (χ4v) is 3.77. The lowest BCUT2D eigenvalue weighted by atomic mass is 10.1. The number of nitrogens with zero attached hydrogens (tertiary/aromatic N) is 2. The molecule has 6 heteroatoms. The maximum atomic E-state index is 13.3. The van der Waals surface area contributed by atoms with Crippen LogP contribution in [0.4, 0.5) is 14.6 Å². The minimum absolute atomic E-state index is 0.563. The lowest BCUT2D eigenvalue weighted by Gasteiger charge is -2.06. The number of thiophene rings is 1. The lowest BCUT2D eigenvalue weighted by molar-refractivity contribution is 0.507. The number of aromatic nitrogens is 2. The minimum Gasteiger partial charge on any atom is -0.369 e. The summed E-state index contributed by atoms with van der Waals surface area (Å²) in [7, 11) is 0. The van der Waals surface area contributed by atoms with Gasteiger partial charge in [0.05, 0.1) is 5.39 Å². The van der Waals surface area contributed by atoms with Gasteiger partial charge in [-0.2, -0.15) is 0 Å². The SMILES string of the molecule is Fc1ccc(CCNc2ncnc3sc(-c4ccccc4)cc23)cc1F. The van der Waals surface area contributed by atoms with Crippen molar-refractivity contribution in [1.82, 2.24) is 9.97 Å². The van der Waals surface area contributed by atoms with E-state index in [1.807, 2.05) is 18.2 Å². The number of nitrogens with one attached hydrogen (secondary N) is 1. The predicted molar refractivity (Wildman–Crippen MR) is 101 cm³/mol. The molecule has 2 aromatic heterocycles. The molecule has 4 aromatic rings. The molecule has 0 bridgehead atoms. The first kappa shape index (κ1) is 16.6. The number of hydrogen-bond donors (Lipinski definition) is 1. The van der Waals surface area contributed by atoms with Gasteiger partial charge in [0.2, 0.25) is 0 Å². The van der Waals surface area contributed by atoms with Crippen molar-refractivity contribution in [3.05, 3.63) is 78.1 Å². The Balaban J connectivity index is 1.53. The second-order valence-corrected chi connectivity index (χ2v) is 6.87. The Morgan fingerprint density at radius 2 is 1.77 bits per heavy atom. The van der Waals surface area contributed by atoms with E-state index in [4.69, 9.17) is 0 Å². The third kappa shape index (κ3) is 3.41. The van der Waals surface area contributed by atoms with Crippen LogP contribution in [0.3, 0.4) is 0 Å². The highest BCUT2D eigenvalue weighted by molar-refractivity contribution is 7.21. The van der Waals surface area contributed by atoms with Gasteiger partial charge >= 0.3 is 0 Å². The molecule has 2 heterocycles. The van der Waals surface area contributed by atoms with Crippen molar-refractivity contribution in [2.75, 3.05) is 11.9 Å². The largest absolute Gasteiger partial charge is 0.369 e. The van der Waals surface area contributed by atoms with E-state index >= 15 is 0 Å². The highest BCUT2D eigenvalue weighted by Crippen LogP contribution is 2.34. The van der Waals surface area contributed by atoms with Crippen LogP contribution in [0.2, 0.25) is 0 Å². The molecule has 0 saturated carbocycles. The summed E-state index contributed by atoms with van der Waals surface area (Å²) in [5.74, 6) is -0.904. The van der Waals surface area contributed by atoms with Crippen LogP contribution in [0.1, 0.15) is 5.56 Å². The van der Waals surface area contributed by atoms with Gasteiger partial charge in [-0.05, 0) is 35.7 Å². The number of halogens is 2. The number of hydrogen-bond acceptors (Lipinski definition) is 4. The molecule has 0 atom stereocenters. The first-order chi connectivity index (χ1) is 12.7. The third-order valence-corrected chi connectivity index (χ3v) is 5.17. The van der Waals surface area contributed by atoms with E-state index < -0.39 is 11.6 Å². The van der Waals surface area contributed by atoms with Gasteiger partial charge in [-0.3, -0.25) is 0 Å². The van der Waals surface area contributed by atoms with Crippen LogP contribution in [0.5, 0.6) is 0 Å². The molecule has 4 rings (SSSR count). The fraction of sp³-hybridized carbons (Fsp3) is 0.100. The quantitative estimate of drug-likeness (QED) is 0.521. The van der Waals surface area contributed by atoms with Gasteiger partial charge in [-0.25, -0.2) is 18.7 Å². The van der Waals surface area contributed by atoms with E-state index in [9.17, 15) is 8.78 Å². The second-order valence-electron chi connectivity index (χ2n) is 5.84. The Labute approximate surface area is 153 Å². The monoisotopic (exact) mass is 367 g/mol. The topological polar surface area (TPSA) is 37.8 Å². The highest BCUT2D eigenvalue weighted by Gasteiger charge is 2.10. The minimum atomic E-state index is -0.828. The Morgan fingerprint density at radius 1 is 0.923 bits per heavy atom. The molecule has 26 heavy (non-hydrogen) atoms. The molecule has 0 amide bonds. The van der Waals surface area contributed by atoms with Gasteiger partial charge in [-0.15, -0.1) is 11.3 Å². The van der Waals surface area contributed by atoms with Crippen LogP contribution in [0.25, 0.3) is 20.7 Å². The summed E-state index contributed by atoms with van der Waals surface area (Å²) in [4.78, 5) is 10.7. The predicted octanol–water partition coefficient (Wildman–Crippen LogP) is 5.29. The molecular formula is C20H15F2N3S. The maximum Gasteiger partial charge on any atom is 0.159 e. The van der Waals surface area contributed by atoms with Crippen molar-refractivity contribution in [2.45, 2.75) is 6.42 Å². The molecule has 0 fully saturated rings. The molecule has 0 aliphatic heterocycles. The van der Waals surface area contributed by atoms with E-state index in [1.165, 1.54) is 12.4 Å². The normalized spacial score (nSPS) is 11.0. The van der Waals surface area contributed by atoms with Crippen molar-refractivity contribution in [3.8, 4) is 10.4 Å². The highest BCUT2D eigenvalue weighted by atomic mass is 32.1. The molecule has 0 aliphatic carbocycles. The molecule has 0 spiro atoms. The first-order valence-corrected chi connectivity index (χ1v) is 9.00. The molecule has 0 radical (unpaired) electrons. The molecule has 130 valence electrons. The summed E-state index contributed by atoms with van der Waals surface area (Å²) in [6.07, 6.45) is 2.10. The number of anilines is 1.